The number of H-pyrrole nitrogens is 1. The largest absolute Gasteiger partial charge is 0.375 e. The number of fused-ring (bicyclic) bond motifs is 5. The van der Waals surface area contributed by atoms with E-state index in [0.29, 0.717) is 85.1 Å². The van der Waals surface area contributed by atoms with Crippen molar-refractivity contribution < 1.29 is 23.6 Å². The molecule has 0 spiro atoms. The highest BCUT2D eigenvalue weighted by Crippen LogP contribution is 2.65. The van der Waals surface area contributed by atoms with Crippen LogP contribution in [0, 0.1) is 29.0 Å². The van der Waals surface area contributed by atoms with E-state index in [1.165, 1.54) is 22.8 Å². The first-order valence-corrected chi connectivity index (χ1v) is 23.5. The zero-order valence-electron chi connectivity index (χ0n) is 37.5. The van der Waals surface area contributed by atoms with E-state index >= 15 is 4.39 Å². The Morgan fingerprint density at radius 1 is 0.875 bits per heavy atom. The van der Waals surface area contributed by atoms with Gasteiger partial charge >= 0.3 is 0 Å². The molecule has 3 fully saturated rings. The lowest BCUT2D eigenvalue weighted by molar-refractivity contribution is -0.132. The maximum absolute atomic E-state index is 15.0. The van der Waals surface area contributed by atoms with E-state index < -0.39 is 11.7 Å². The van der Waals surface area contributed by atoms with Crippen LogP contribution in [0.2, 0.25) is 0 Å². The quantitative estimate of drug-likeness (QED) is 0.141. The van der Waals surface area contributed by atoms with Crippen LogP contribution in [0.25, 0.3) is 10.8 Å². The van der Waals surface area contributed by atoms with Crippen LogP contribution in [-0.4, -0.2) is 83.1 Å². The number of aromatic nitrogens is 2. The average molecular weight is 866 g/mol. The monoisotopic (exact) mass is 865 g/mol. The number of piperazine rings is 1. The van der Waals surface area contributed by atoms with Crippen LogP contribution in [0.4, 0.5) is 10.1 Å². The molecule has 64 heavy (non-hydrogen) atoms. The minimum Gasteiger partial charge on any atom is -0.375 e. The molecule has 5 unspecified atom stereocenters. The summed E-state index contributed by atoms with van der Waals surface area (Å²) >= 11 is 0. The third-order valence-electron chi connectivity index (χ3n) is 15.7. The van der Waals surface area contributed by atoms with Gasteiger partial charge < -0.3 is 14.7 Å². The molecule has 0 bridgehead atoms. The lowest BCUT2D eigenvalue weighted by Crippen LogP contribution is -2.50. The van der Waals surface area contributed by atoms with Crippen molar-refractivity contribution in [1.29, 1.82) is 0 Å². The summed E-state index contributed by atoms with van der Waals surface area (Å²) in [5.74, 6) is 1.03. The maximum Gasteiger partial charge on any atom is 0.272 e. The number of ketones is 2. The Bertz CT molecular complexity index is 2610. The minimum atomic E-state index is -0.596. The van der Waals surface area contributed by atoms with E-state index in [1.807, 2.05) is 23.1 Å². The second-order valence-corrected chi connectivity index (χ2v) is 19.4. The fourth-order valence-electron chi connectivity index (χ4n) is 12.4. The number of allylic oxidation sites excluding steroid dienone is 4. The molecular formula is C53H60FN5O5. The lowest BCUT2D eigenvalue weighted by atomic mass is 9.51. The van der Waals surface area contributed by atoms with Crippen LogP contribution in [-0.2, 0) is 20.8 Å². The number of amides is 2. The van der Waals surface area contributed by atoms with Gasteiger partial charge in [-0.1, -0.05) is 55.3 Å². The van der Waals surface area contributed by atoms with Crippen LogP contribution in [0.3, 0.4) is 0 Å². The number of unbranched alkanes of at least 4 members (excludes halogenated alkanes) is 2. The molecular weight excluding hydrogens is 806 g/mol. The summed E-state index contributed by atoms with van der Waals surface area (Å²) in [6, 6.07) is 20.7. The first kappa shape index (κ1) is 43.5. The molecule has 5 aliphatic rings. The van der Waals surface area contributed by atoms with Gasteiger partial charge in [-0.3, -0.25) is 24.0 Å². The standard InChI is InChI=1S/C53H60FN5O5/c1-33(60)45-21-22-46-42-19-15-36-31-38(61)18-20-39(36)50(42)44(32-53(45,46)2)35-13-16-37(17-14-35)57(3)24-8-4-5-11-49(62)58-25-27-59(28-26-58)52(64)43-29-34(12-23-47(43)54)30-48-40-9-6-7-10-41(40)51(63)56-55-48/h6-7,9-10,12-14,16-17,23,29,31,42,44-46H,4-5,8,11,15,18-22,24-28,30,32H2,1-3H3,(H,56,63). The molecule has 4 aromatic rings. The first-order chi connectivity index (χ1) is 30.9. The molecule has 2 saturated carbocycles. The van der Waals surface area contributed by atoms with Crippen LogP contribution in [0.1, 0.15) is 118 Å². The molecule has 1 saturated heterocycles. The summed E-state index contributed by atoms with van der Waals surface area (Å²) in [7, 11) is 2.12. The summed E-state index contributed by atoms with van der Waals surface area (Å²) in [4.78, 5) is 70.1. The molecule has 2 heterocycles. The van der Waals surface area contributed by atoms with Gasteiger partial charge in [-0.15, -0.1) is 0 Å². The predicted octanol–water partition coefficient (Wildman–Crippen LogP) is 8.74. The number of aromatic amines is 1. The number of hydrogen-bond acceptors (Lipinski definition) is 7. The van der Waals surface area contributed by atoms with Crippen LogP contribution < -0.4 is 10.5 Å². The van der Waals surface area contributed by atoms with Crippen molar-refractivity contribution in [2.45, 2.75) is 96.8 Å². The Morgan fingerprint density at radius 2 is 1.62 bits per heavy atom. The highest BCUT2D eigenvalue weighted by molar-refractivity contribution is 5.95. The van der Waals surface area contributed by atoms with Gasteiger partial charge in [-0.25, -0.2) is 9.49 Å². The van der Waals surface area contributed by atoms with E-state index in [9.17, 15) is 24.0 Å². The Morgan fingerprint density at radius 3 is 2.39 bits per heavy atom. The number of halogens is 1. The molecule has 3 aromatic carbocycles. The number of anilines is 1. The number of carbonyl (C=O) groups is 4. The molecule has 2 amide bonds. The molecule has 1 N–H and O–H groups in total. The van der Waals surface area contributed by atoms with E-state index in [4.69, 9.17) is 0 Å². The molecule has 0 radical (unpaired) electrons. The number of rotatable bonds is 12. The summed E-state index contributed by atoms with van der Waals surface area (Å²) in [6.07, 6.45) is 11.9. The predicted molar refractivity (Wildman–Crippen MR) is 247 cm³/mol. The summed E-state index contributed by atoms with van der Waals surface area (Å²) in [5.41, 5.74) is 7.76. The second-order valence-electron chi connectivity index (χ2n) is 19.4. The van der Waals surface area contributed by atoms with Crippen molar-refractivity contribution in [3.8, 4) is 0 Å². The van der Waals surface area contributed by atoms with Crippen LogP contribution in [0.5, 0.6) is 0 Å². The molecule has 10 nitrogen and oxygen atoms in total. The Labute approximate surface area is 375 Å². The van der Waals surface area contributed by atoms with Gasteiger partial charge in [-0.05, 0) is 134 Å². The van der Waals surface area contributed by atoms with Crippen molar-refractivity contribution in [3.63, 3.8) is 0 Å². The fourth-order valence-corrected chi connectivity index (χ4v) is 12.4. The fraction of sp³-hybridized carbons (Fsp3) is 0.472. The molecule has 9 rings (SSSR count). The van der Waals surface area contributed by atoms with Crippen LogP contribution >= 0.6 is 0 Å². The highest BCUT2D eigenvalue weighted by Gasteiger charge is 2.57. The topological polar surface area (TPSA) is 124 Å². The number of nitrogens with one attached hydrogen (secondary N) is 1. The van der Waals surface area contributed by atoms with Gasteiger partial charge in [-0.2, -0.15) is 5.10 Å². The Kier molecular flexibility index (Phi) is 12.3. The van der Waals surface area contributed by atoms with Crippen molar-refractivity contribution in [2.24, 2.45) is 23.2 Å². The number of hydrogen-bond donors (Lipinski definition) is 1. The van der Waals surface area contributed by atoms with Gasteiger partial charge in [0, 0.05) is 81.9 Å². The third kappa shape index (κ3) is 8.38. The molecule has 11 heteroatoms. The summed E-state index contributed by atoms with van der Waals surface area (Å²) in [6.45, 7) is 6.54. The van der Waals surface area contributed by atoms with E-state index in [0.717, 1.165) is 70.0 Å². The zero-order chi connectivity index (χ0) is 44.7. The second kappa shape index (κ2) is 18.0. The minimum absolute atomic E-state index is 0.0119. The van der Waals surface area contributed by atoms with Gasteiger partial charge in [0.25, 0.3) is 11.5 Å². The van der Waals surface area contributed by atoms with Crippen molar-refractivity contribution >= 4 is 39.8 Å². The van der Waals surface area contributed by atoms with E-state index in [1.54, 1.807) is 41.7 Å². The van der Waals surface area contributed by atoms with Crippen molar-refractivity contribution in [3.05, 3.63) is 128 Å². The Balaban J connectivity index is 0.754. The third-order valence-corrected chi connectivity index (χ3v) is 15.7. The number of nitrogens with zero attached hydrogens (tertiary/aromatic N) is 4. The van der Waals surface area contributed by atoms with Gasteiger partial charge in [0.05, 0.1) is 16.6 Å². The van der Waals surface area contributed by atoms with Gasteiger partial charge in [0.2, 0.25) is 5.91 Å². The normalized spacial score (nSPS) is 24.2. The molecule has 5 atom stereocenters. The number of benzene rings is 3. The first-order valence-electron chi connectivity index (χ1n) is 23.5. The number of Topliss-reactive ketones (excluding diaryl/α,β-unsaturated/α-hetero) is 1. The maximum atomic E-state index is 15.0. The molecule has 334 valence electrons. The lowest BCUT2D eigenvalue weighted by Gasteiger charge is -2.52. The van der Waals surface area contributed by atoms with E-state index in [-0.39, 0.29) is 40.1 Å². The summed E-state index contributed by atoms with van der Waals surface area (Å²) < 4.78 is 15.0. The van der Waals surface area contributed by atoms with Crippen molar-refractivity contribution in [1.82, 2.24) is 20.0 Å². The van der Waals surface area contributed by atoms with Gasteiger partial charge in [0.1, 0.15) is 11.6 Å². The Hall–Kier alpha value is -5.71. The average Bonchev–Trinajstić information content (AvgIpc) is 3.67. The van der Waals surface area contributed by atoms with E-state index in [2.05, 4.69) is 53.3 Å². The zero-order valence-corrected chi connectivity index (χ0v) is 37.5. The number of carbonyl (C=O) groups excluding carboxylic acids is 4. The molecule has 4 aliphatic carbocycles. The molecule has 1 aromatic heterocycles. The van der Waals surface area contributed by atoms with Crippen molar-refractivity contribution in [2.75, 3.05) is 44.7 Å². The summed E-state index contributed by atoms with van der Waals surface area (Å²) in [5, 5.41) is 8.00. The smallest absolute Gasteiger partial charge is 0.272 e. The van der Waals surface area contributed by atoms with Crippen LogP contribution in [0.15, 0.2) is 94.3 Å². The SMILES string of the molecule is CC(=O)C1CCC2C3CCC4=CC(=O)CCC4=C3C(c3ccc(N(C)CCCCCC(=O)N4CCN(C(=O)c5cc(Cc6n[nH]c(=O)c7ccccc67)ccc5F)CC4)cc3)CC12C. The highest BCUT2D eigenvalue weighted by atomic mass is 19.1. The van der Waals surface area contributed by atoms with Gasteiger partial charge in [0.15, 0.2) is 5.78 Å². The molecule has 1 aliphatic heterocycles.